The van der Waals surface area contributed by atoms with Gasteiger partial charge in [-0.1, -0.05) is 141 Å². The molecule has 1 heterocycles. The molecule has 8 aromatic carbocycles. The fourth-order valence-electron chi connectivity index (χ4n) is 8.51. The number of para-hydroxylation sites is 1. The lowest BCUT2D eigenvalue weighted by Crippen LogP contribution is -2.14. The van der Waals surface area contributed by atoms with E-state index in [9.17, 15) is 0 Å². The molecule has 0 bridgehead atoms. The summed E-state index contributed by atoms with van der Waals surface area (Å²) >= 11 is 0. The van der Waals surface area contributed by atoms with Crippen molar-refractivity contribution in [1.82, 2.24) is 4.57 Å². The monoisotopic (exact) mass is 678 g/mol. The third kappa shape index (κ3) is 5.10. The van der Waals surface area contributed by atoms with Crippen LogP contribution < -0.4 is 4.90 Å². The van der Waals surface area contributed by atoms with Crippen molar-refractivity contribution in [1.29, 1.82) is 0 Å². The smallest absolute Gasteiger partial charge is 0.0544 e. The molecule has 10 rings (SSSR count). The second-order valence-electron chi connectivity index (χ2n) is 14.6. The Balaban J connectivity index is 1.19. The third-order valence-electron chi connectivity index (χ3n) is 11.2. The quantitative estimate of drug-likeness (QED) is 0.170. The molecule has 0 atom stereocenters. The molecule has 1 aliphatic rings. The van der Waals surface area contributed by atoms with Crippen LogP contribution in [0.1, 0.15) is 25.0 Å². The molecular formula is C51H38N2. The van der Waals surface area contributed by atoms with Crippen molar-refractivity contribution in [2.45, 2.75) is 19.3 Å². The van der Waals surface area contributed by atoms with Crippen LogP contribution in [0.3, 0.4) is 0 Å². The summed E-state index contributed by atoms with van der Waals surface area (Å²) in [6.07, 6.45) is 0. The summed E-state index contributed by atoms with van der Waals surface area (Å²) in [5.41, 5.74) is 17.1. The van der Waals surface area contributed by atoms with E-state index in [-0.39, 0.29) is 5.41 Å². The standard InChI is InChI=1S/C51H38N2/c1-51(2)47-21-13-12-20-43(47)44-33-46-45-32-42(30-31-49(45)53(50(46)34-48(44)51)39-18-10-5-11-19-39)52(40-26-22-37(23-27-40)35-14-6-3-7-15-35)41-28-24-38(25-29-41)36-16-8-4-9-17-36/h3-34H,1-2H3. The van der Waals surface area contributed by atoms with Gasteiger partial charge in [0.15, 0.2) is 0 Å². The number of benzene rings is 8. The van der Waals surface area contributed by atoms with Gasteiger partial charge in [-0.25, -0.2) is 0 Å². The number of rotatable bonds is 6. The first-order chi connectivity index (χ1) is 26.0. The molecule has 2 nitrogen and oxygen atoms in total. The Hall–Kier alpha value is -6.64. The number of fused-ring (bicyclic) bond motifs is 6. The summed E-state index contributed by atoms with van der Waals surface area (Å²) in [5.74, 6) is 0. The van der Waals surface area contributed by atoms with Crippen LogP contribution in [0.4, 0.5) is 17.1 Å². The van der Waals surface area contributed by atoms with Crippen LogP contribution in [0.5, 0.6) is 0 Å². The molecule has 0 saturated heterocycles. The highest BCUT2D eigenvalue weighted by Gasteiger charge is 2.36. The Kier molecular flexibility index (Phi) is 7.19. The minimum Gasteiger partial charge on any atom is -0.310 e. The van der Waals surface area contributed by atoms with Crippen LogP contribution in [-0.2, 0) is 5.41 Å². The van der Waals surface area contributed by atoms with E-state index >= 15 is 0 Å². The lowest BCUT2D eigenvalue weighted by Gasteiger charge is -2.26. The summed E-state index contributed by atoms with van der Waals surface area (Å²) in [4.78, 5) is 2.39. The summed E-state index contributed by atoms with van der Waals surface area (Å²) in [7, 11) is 0. The van der Waals surface area contributed by atoms with Crippen LogP contribution in [0.25, 0.3) is 60.9 Å². The molecule has 0 N–H and O–H groups in total. The van der Waals surface area contributed by atoms with E-state index in [4.69, 9.17) is 0 Å². The van der Waals surface area contributed by atoms with Crippen LogP contribution in [-0.4, -0.2) is 4.57 Å². The summed E-state index contributed by atoms with van der Waals surface area (Å²) < 4.78 is 2.45. The molecule has 9 aromatic rings. The fourth-order valence-corrected chi connectivity index (χ4v) is 8.51. The Morgan fingerprint density at radius 2 is 0.868 bits per heavy atom. The lowest BCUT2D eigenvalue weighted by molar-refractivity contribution is 0.661. The highest BCUT2D eigenvalue weighted by Crippen LogP contribution is 2.51. The summed E-state index contributed by atoms with van der Waals surface area (Å²) in [6, 6.07) is 70.7. The molecular weight excluding hydrogens is 641 g/mol. The van der Waals surface area contributed by atoms with Crippen LogP contribution in [0.15, 0.2) is 194 Å². The maximum Gasteiger partial charge on any atom is 0.0544 e. The van der Waals surface area contributed by atoms with Gasteiger partial charge in [0, 0.05) is 38.9 Å². The summed E-state index contributed by atoms with van der Waals surface area (Å²) in [6.45, 7) is 4.72. The van der Waals surface area contributed by atoms with Crippen molar-refractivity contribution in [2.24, 2.45) is 0 Å². The van der Waals surface area contributed by atoms with Crippen molar-refractivity contribution >= 4 is 38.9 Å². The van der Waals surface area contributed by atoms with Crippen molar-refractivity contribution in [3.05, 3.63) is 205 Å². The molecule has 53 heavy (non-hydrogen) atoms. The van der Waals surface area contributed by atoms with E-state index in [1.54, 1.807) is 0 Å². The maximum atomic E-state index is 2.46. The Morgan fingerprint density at radius 1 is 0.377 bits per heavy atom. The predicted molar refractivity (Wildman–Crippen MR) is 224 cm³/mol. The Morgan fingerprint density at radius 3 is 1.47 bits per heavy atom. The highest BCUT2D eigenvalue weighted by atomic mass is 15.1. The van der Waals surface area contributed by atoms with E-state index in [0.29, 0.717) is 0 Å². The molecule has 1 aromatic heterocycles. The zero-order valence-electron chi connectivity index (χ0n) is 29.9. The van der Waals surface area contributed by atoms with Gasteiger partial charge in [0.05, 0.1) is 11.0 Å². The minimum atomic E-state index is -0.0854. The zero-order valence-corrected chi connectivity index (χ0v) is 29.9. The molecule has 0 aliphatic heterocycles. The van der Waals surface area contributed by atoms with Gasteiger partial charge in [-0.05, 0) is 111 Å². The van der Waals surface area contributed by atoms with Crippen LogP contribution in [0, 0.1) is 0 Å². The van der Waals surface area contributed by atoms with E-state index in [1.807, 2.05) is 0 Å². The van der Waals surface area contributed by atoms with Gasteiger partial charge in [0.2, 0.25) is 0 Å². The van der Waals surface area contributed by atoms with Crippen LogP contribution >= 0.6 is 0 Å². The largest absolute Gasteiger partial charge is 0.310 e. The minimum absolute atomic E-state index is 0.0854. The van der Waals surface area contributed by atoms with E-state index in [2.05, 4.69) is 217 Å². The number of anilines is 3. The van der Waals surface area contributed by atoms with Crippen LogP contribution in [0.2, 0.25) is 0 Å². The number of hydrogen-bond acceptors (Lipinski definition) is 1. The van der Waals surface area contributed by atoms with Gasteiger partial charge < -0.3 is 9.47 Å². The van der Waals surface area contributed by atoms with Gasteiger partial charge in [-0.2, -0.15) is 0 Å². The Bertz CT molecular complexity index is 2680. The fraction of sp³-hybridized carbons (Fsp3) is 0.0588. The Labute approximate surface area is 310 Å². The van der Waals surface area contributed by atoms with Crippen molar-refractivity contribution < 1.29 is 0 Å². The first kappa shape index (κ1) is 31.1. The topological polar surface area (TPSA) is 8.17 Å². The molecule has 2 heteroatoms. The van der Waals surface area contributed by atoms with Gasteiger partial charge in [0.1, 0.15) is 0 Å². The zero-order chi connectivity index (χ0) is 35.5. The third-order valence-corrected chi connectivity index (χ3v) is 11.2. The van der Waals surface area contributed by atoms with Crippen molar-refractivity contribution in [3.63, 3.8) is 0 Å². The molecule has 252 valence electrons. The van der Waals surface area contributed by atoms with E-state index in [1.165, 1.54) is 72.0 Å². The molecule has 1 aliphatic carbocycles. The molecule has 0 amide bonds. The van der Waals surface area contributed by atoms with E-state index in [0.717, 1.165) is 17.1 Å². The van der Waals surface area contributed by atoms with Gasteiger partial charge in [-0.15, -0.1) is 0 Å². The molecule has 0 spiro atoms. The normalized spacial score (nSPS) is 12.9. The first-order valence-corrected chi connectivity index (χ1v) is 18.4. The molecule has 0 unspecified atom stereocenters. The molecule has 0 fully saturated rings. The summed E-state index contributed by atoms with van der Waals surface area (Å²) in [5, 5.41) is 2.49. The number of aromatic nitrogens is 1. The van der Waals surface area contributed by atoms with Crippen molar-refractivity contribution in [3.8, 4) is 39.1 Å². The van der Waals surface area contributed by atoms with E-state index < -0.39 is 0 Å². The molecule has 0 radical (unpaired) electrons. The SMILES string of the molecule is CC1(C)c2ccccc2-c2cc3c4cc(N(c5ccc(-c6ccccc6)cc5)c5ccc(-c6ccccc6)cc5)ccc4n(-c4ccccc4)c3cc21. The number of hydrogen-bond donors (Lipinski definition) is 0. The average Bonchev–Trinajstić information content (AvgIpc) is 3.66. The van der Waals surface area contributed by atoms with Crippen molar-refractivity contribution in [2.75, 3.05) is 4.90 Å². The van der Waals surface area contributed by atoms with Gasteiger partial charge >= 0.3 is 0 Å². The maximum absolute atomic E-state index is 2.46. The average molecular weight is 679 g/mol. The van der Waals surface area contributed by atoms with Gasteiger partial charge in [0.25, 0.3) is 0 Å². The lowest BCUT2D eigenvalue weighted by atomic mass is 9.82. The highest BCUT2D eigenvalue weighted by molar-refractivity contribution is 6.13. The first-order valence-electron chi connectivity index (χ1n) is 18.4. The molecule has 0 saturated carbocycles. The predicted octanol–water partition coefficient (Wildman–Crippen LogP) is 13.9. The second-order valence-corrected chi connectivity index (χ2v) is 14.6. The number of nitrogens with zero attached hydrogens (tertiary/aromatic N) is 2. The second kappa shape index (κ2) is 12.3. The van der Waals surface area contributed by atoms with Gasteiger partial charge in [-0.3, -0.25) is 0 Å².